The van der Waals surface area contributed by atoms with Crippen molar-refractivity contribution in [2.24, 2.45) is 0 Å². The first-order valence-electron chi connectivity index (χ1n) is 7.17. The summed E-state index contributed by atoms with van der Waals surface area (Å²) in [5.74, 6) is 4.51. The average molecular weight is 307 g/mol. The predicted octanol–water partition coefficient (Wildman–Crippen LogP) is 2.20. The van der Waals surface area contributed by atoms with Gasteiger partial charge in [-0.3, -0.25) is 0 Å². The fourth-order valence-corrected chi connectivity index (χ4v) is 2.51. The summed E-state index contributed by atoms with van der Waals surface area (Å²) in [6.45, 7) is 1.29. The van der Waals surface area contributed by atoms with E-state index in [1.807, 2.05) is 36.4 Å². The van der Waals surface area contributed by atoms with E-state index in [1.165, 1.54) is 0 Å². The molecule has 0 atom stereocenters. The highest BCUT2D eigenvalue weighted by Gasteiger charge is 2.15. The average Bonchev–Trinajstić information content (AvgIpc) is 3.04. The van der Waals surface area contributed by atoms with Gasteiger partial charge in [-0.2, -0.15) is 0 Å². The number of fused-ring (bicyclic) bond motifs is 2. The van der Waals surface area contributed by atoms with Crippen molar-refractivity contribution < 1.29 is 14.2 Å². The van der Waals surface area contributed by atoms with Crippen LogP contribution >= 0.6 is 0 Å². The van der Waals surface area contributed by atoms with E-state index < -0.39 is 0 Å². The molecule has 0 spiro atoms. The number of aromatic nitrogens is 3. The molecule has 114 valence electrons. The summed E-state index contributed by atoms with van der Waals surface area (Å²) >= 11 is 0. The van der Waals surface area contributed by atoms with E-state index in [1.54, 1.807) is 4.68 Å². The lowest BCUT2D eigenvalue weighted by Gasteiger charge is -2.18. The van der Waals surface area contributed by atoms with Gasteiger partial charge >= 0.3 is 0 Å². The van der Waals surface area contributed by atoms with Crippen LogP contribution in [-0.2, 0) is 0 Å². The highest BCUT2D eigenvalue weighted by atomic mass is 16.6. The Bertz CT molecular complexity index is 911. The quantitative estimate of drug-likeness (QED) is 0.694. The van der Waals surface area contributed by atoms with E-state index in [9.17, 15) is 0 Å². The molecule has 4 rings (SSSR count). The van der Waals surface area contributed by atoms with Crippen molar-refractivity contribution in [3.05, 3.63) is 36.4 Å². The smallest absolute Gasteiger partial charge is 0.163 e. The summed E-state index contributed by atoms with van der Waals surface area (Å²) in [6, 6.07) is 11.3. The van der Waals surface area contributed by atoms with Crippen LogP contribution in [0.3, 0.4) is 0 Å². The Morgan fingerprint density at radius 1 is 1.17 bits per heavy atom. The molecule has 0 amide bonds. The Kier molecular flexibility index (Phi) is 3.24. The molecule has 1 aromatic heterocycles. The van der Waals surface area contributed by atoms with Crippen LogP contribution in [-0.4, -0.2) is 34.8 Å². The number of hydrogen-bond acceptors (Lipinski definition) is 5. The predicted molar refractivity (Wildman–Crippen MR) is 84.2 cm³/mol. The molecule has 6 heteroatoms. The second kappa shape index (κ2) is 5.54. The van der Waals surface area contributed by atoms with Crippen molar-refractivity contribution in [2.45, 2.75) is 0 Å². The third-order valence-corrected chi connectivity index (χ3v) is 3.52. The Labute approximate surface area is 132 Å². The zero-order valence-corrected chi connectivity index (χ0v) is 12.2. The molecule has 6 nitrogen and oxygen atoms in total. The van der Waals surface area contributed by atoms with E-state index >= 15 is 0 Å². The maximum atomic E-state index is 5.62. The van der Waals surface area contributed by atoms with Crippen LogP contribution in [0.15, 0.2) is 36.4 Å². The van der Waals surface area contributed by atoms with Gasteiger partial charge in [0.2, 0.25) is 0 Å². The molecule has 1 aliphatic heterocycles. The van der Waals surface area contributed by atoms with Gasteiger partial charge in [0, 0.05) is 6.07 Å². The van der Waals surface area contributed by atoms with Gasteiger partial charge in [-0.25, -0.2) is 4.68 Å². The monoisotopic (exact) mass is 307 g/mol. The summed E-state index contributed by atoms with van der Waals surface area (Å²) < 4.78 is 18.4. The molecule has 1 aliphatic rings. The summed E-state index contributed by atoms with van der Waals surface area (Å²) in [7, 11) is 0. The van der Waals surface area contributed by atoms with E-state index in [2.05, 4.69) is 16.2 Å². The van der Waals surface area contributed by atoms with Crippen molar-refractivity contribution in [3.8, 4) is 35.3 Å². The number of hydrogen-bond donors (Lipinski definition) is 0. The van der Waals surface area contributed by atoms with Crippen LogP contribution < -0.4 is 14.2 Å². The Balaban J connectivity index is 1.79. The molecule has 0 saturated carbocycles. The van der Waals surface area contributed by atoms with Crippen molar-refractivity contribution in [3.63, 3.8) is 0 Å². The van der Waals surface area contributed by atoms with Crippen molar-refractivity contribution in [1.29, 1.82) is 0 Å². The summed E-state index contributed by atoms with van der Waals surface area (Å²) in [5.41, 5.74) is 2.33. The van der Waals surface area contributed by atoms with Gasteiger partial charge in [-0.05, 0) is 24.3 Å². The van der Waals surface area contributed by atoms with E-state index in [-0.39, 0.29) is 6.61 Å². The Morgan fingerprint density at radius 2 is 2.04 bits per heavy atom. The lowest BCUT2D eigenvalue weighted by Crippen LogP contribution is -2.15. The van der Waals surface area contributed by atoms with Gasteiger partial charge in [-0.1, -0.05) is 17.2 Å². The Hall–Kier alpha value is -3.20. The van der Waals surface area contributed by atoms with Crippen LogP contribution in [0.1, 0.15) is 0 Å². The normalized spacial score (nSPS) is 12.8. The molecule has 2 aromatic carbocycles. The molecule has 0 aliphatic carbocycles. The third kappa shape index (κ3) is 2.32. The van der Waals surface area contributed by atoms with Crippen molar-refractivity contribution in [2.75, 3.05) is 19.8 Å². The summed E-state index contributed by atoms with van der Waals surface area (Å²) in [6.07, 6.45) is 5.24. The van der Waals surface area contributed by atoms with Gasteiger partial charge in [0.05, 0.1) is 11.2 Å². The van der Waals surface area contributed by atoms with Gasteiger partial charge in [0.1, 0.15) is 19.8 Å². The lowest BCUT2D eigenvalue weighted by atomic mass is 10.2. The number of terminal acetylenes is 1. The molecule has 23 heavy (non-hydrogen) atoms. The zero-order valence-electron chi connectivity index (χ0n) is 12.2. The first kappa shape index (κ1) is 13.5. The number of nitrogens with zero attached hydrogens (tertiary/aromatic N) is 3. The first-order valence-corrected chi connectivity index (χ1v) is 7.17. The number of rotatable bonds is 3. The number of ether oxygens (including phenoxy) is 3. The largest absolute Gasteiger partial charge is 0.486 e. The van der Waals surface area contributed by atoms with Crippen LogP contribution in [0.25, 0.3) is 16.7 Å². The minimum absolute atomic E-state index is 0.190. The van der Waals surface area contributed by atoms with Crippen molar-refractivity contribution in [1.82, 2.24) is 15.0 Å². The maximum Gasteiger partial charge on any atom is 0.163 e. The molecule has 2 heterocycles. The van der Waals surface area contributed by atoms with Crippen LogP contribution in [0.2, 0.25) is 0 Å². The third-order valence-electron chi connectivity index (χ3n) is 3.52. The fraction of sp³-hybridized carbons (Fsp3) is 0.176. The number of benzene rings is 2. The molecule has 0 fully saturated rings. The molecule has 0 unspecified atom stereocenters. The van der Waals surface area contributed by atoms with Crippen LogP contribution in [0.5, 0.6) is 17.2 Å². The molecular weight excluding hydrogens is 294 g/mol. The molecule has 0 radical (unpaired) electrons. The van der Waals surface area contributed by atoms with Crippen LogP contribution in [0.4, 0.5) is 0 Å². The van der Waals surface area contributed by atoms with Crippen LogP contribution in [0, 0.1) is 12.3 Å². The van der Waals surface area contributed by atoms with Gasteiger partial charge in [0.25, 0.3) is 0 Å². The topological polar surface area (TPSA) is 58.4 Å². The first-order chi connectivity index (χ1) is 11.4. The second-order valence-corrected chi connectivity index (χ2v) is 4.95. The standard InChI is InChI=1S/C17H13N3O3/c1-2-8-21-15-5-3-4-13-17(15)18-19-20(13)12-6-7-14-16(11-12)23-10-9-22-14/h1,3-7,11H,8-10H2. The summed E-state index contributed by atoms with van der Waals surface area (Å²) in [4.78, 5) is 0. The fourth-order valence-electron chi connectivity index (χ4n) is 2.51. The molecular formula is C17H13N3O3. The molecule has 3 aromatic rings. The second-order valence-electron chi connectivity index (χ2n) is 4.95. The van der Waals surface area contributed by atoms with Gasteiger partial charge in [-0.15, -0.1) is 11.5 Å². The minimum atomic E-state index is 0.190. The van der Waals surface area contributed by atoms with Gasteiger partial charge < -0.3 is 14.2 Å². The van der Waals surface area contributed by atoms with E-state index in [4.69, 9.17) is 20.6 Å². The molecule has 0 N–H and O–H groups in total. The maximum absolute atomic E-state index is 5.62. The molecule has 0 bridgehead atoms. The van der Waals surface area contributed by atoms with Gasteiger partial charge in [0.15, 0.2) is 22.8 Å². The minimum Gasteiger partial charge on any atom is -0.486 e. The molecule has 0 saturated heterocycles. The highest BCUT2D eigenvalue weighted by molar-refractivity contribution is 5.82. The Morgan fingerprint density at radius 3 is 2.91 bits per heavy atom. The summed E-state index contributed by atoms with van der Waals surface area (Å²) in [5, 5.41) is 8.43. The van der Waals surface area contributed by atoms with E-state index in [0.29, 0.717) is 30.2 Å². The van der Waals surface area contributed by atoms with E-state index in [0.717, 1.165) is 17.0 Å². The lowest BCUT2D eigenvalue weighted by molar-refractivity contribution is 0.171. The highest BCUT2D eigenvalue weighted by Crippen LogP contribution is 2.33. The van der Waals surface area contributed by atoms with Crippen molar-refractivity contribution >= 4 is 11.0 Å². The SMILES string of the molecule is C#CCOc1cccc2c1nnn2-c1ccc2c(c1)OCCO2. The zero-order chi connectivity index (χ0) is 15.6.